The lowest BCUT2D eigenvalue weighted by Gasteiger charge is -2.27. The van der Waals surface area contributed by atoms with Gasteiger partial charge in [0.1, 0.15) is 5.76 Å². The van der Waals surface area contributed by atoms with Crippen molar-refractivity contribution in [3.63, 3.8) is 0 Å². The van der Waals surface area contributed by atoms with Crippen LogP contribution in [0.1, 0.15) is 54.6 Å². The quantitative estimate of drug-likeness (QED) is 0.721. The first-order valence-corrected chi connectivity index (χ1v) is 9.82. The van der Waals surface area contributed by atoms with Crippen LogP contribution >= 0.6 is 0 Å². The van der Waals surface area contributed by atoms with E-state index in [1.807, 2.05) is 0 Å². The third-order valence-corrected chi connectivity index (χ3v) is 5.84. The number of sulfonamides is 1. The van der Waals surface area contributed by atoms with Crippen LogP contribution in [-0.4, -0.2) is 38.5 Å². The van der Waals surface area contributed by atoms with Crippen LogP contribution in [0.5, 0.6) is 0 Å². The van der Waals surface area contributed by atoms with E-state index in [1.165, 1.54) is 14.0 Å². The third kappa shape index (κ3) is 4.60. The van der Waals surface area contributed by atoms with Gasteiger partial charge in [0.15, 0.2) is 0 Å². The van der Waals surface area contributed by atoms with Gasteiger partial charge in [-0.1, -0.05) is 25.7 Å². The maximum atomic E-state index is 12.5. The second-order valence-electron chi connectivity index (χ2n) is 6.26. The Morgan fingerprint density at radius 2 is 1.84 bits per heavy atom. The molecule has 3 N–H and O–H groups in total. The molecule has 1 aromatic rings. The SMILES string of the molecule is CNS(=O)(=O)c1cc(C(=O)NC2CCCCCCC2C(=O)O)c(C)o1. The Bertz CT molecular complexity index is 740. The summed E-state index contributed by atoms with van der Waals surface area (Å²) in [4.78, 5) is 24.1. The lowest BCUT2D eigenvalue weighted by Crippen LogP contribution is -2.44. The summed E-state index contributed by atoms with van der Waals surface area (Å²) in [6.45, 7) is 1.50. The summed E-state index contributed by atoms with van der Waals surface area (Å²) in [5.74, 6) is -1.91. The van der Waals surface area contributed by atoms with Gasteiger partial charge in [0.2, 0.25) is 5.09 Å². The second kappa shape index (κ2) is 8.01. The summed E-state index contributed by atoms with van der Waals surface area (Å²) in [7, 11) is -2.54. The molecule has 2 rings (SSSR count). The molecule has 1 aliphatic carbocycles. The predicted molar refractivity (Wildman–Crippen MR) is 89.8 cm³/mol. The minimum absolute atomic E-state index is 0.0972. The highest BCUT2D eigenvalue weighted by atomic mass is 32.2. The highest BCUT2D eigenvalue weighted by Gasteiger charge is 2.31. The standard InChI is InChI=1S/C16H24N2O6S/c1-10-12(9-14(24-10)25(22,23)17-2)15(19)18-13-8-6-4-3-5-7-11(13)16(20)21/h9,11,13,17H,3-8H2,1-2H3,(H,18,19)(H,20,21). The molecule has 1 aliphatic rings. The van der Waals surface area contributed by atoms with Gasteiger partial charge in [0.05, 0.1) is 11.5 Å². The maximum absolute atomic E-state index is 12.5. The number of furan rings is 1. The highest BCUT2D eigenvalue weighted by Crippen LogP contribution is 2.25. The van der Waals surface area contributed by atoms with Gasteiger partial charge in [0.25, 0.3) is 15.9 Å². The molecule has 0 radical (unpaired) electrons. The Balaban J connectivity index is 2.20. The Labute approximate surface area is 147 Å². The van der Waals surface area contributed by atoms with E-state index in [0.29, 0.717) is 12.8 Å². The summed E-state index contributed by atoms with van der Waals surface area (Å²) in [6.07, 6.45) is 4.77. The zero-order valence-electron chi connectivity index (χ0n) is 14.4. The minimum Gasteiger partial charge on any atom is -0.481 e. The summed E-state index contributed by atoms with van der Waals surface area (Å²) in [6, 6.07) is 0.679. The molecule has 1 aromatic heterocycles. The monoisotopic (exact) mass is 372 g/mol. The van der Waals surface area contributed by atoms with Gasteiger partial charge in [-0.2, -0.15) is 0 Å². The zero-order chi connectivity index (χ0) is 18.6. The number of aliphatic carboxylic acids is 1. The van der Waals surface area contributed by atoms with Crippen molar-refractivity contribution >= 4 is 21.9 Å². The number of rotatable bonds is 5. The number of hydrogen-bond donors (Lipinski definition) is 3. The van der Waals surface area contributed by atoms with E-state index < -0.39 is 33.9 Å². The third-order valence-electron chi connectivity index (χ3n) is 4.57. The summed E-state index contributed by atoms with van der Waals surface area (Å²) < 4.78 is 30.9. The number of aryl methyl sites for hydroxylation is 1. The number of carbonyl (C=O) groups is 2. The van der Waals surface area contributed by atoms with Gasteiger partial charge < -0.3 is 14.8 Å². The van der Waals surface area contributed by atoms with Gasteiger partial charge in [-0.15, -0.1) is 0 Å². The number of carbonyl (C=O) groups excluding carboxylic acids is 1. The fourth-order valence-corrected chi connectivity index (χ4v) is 3.82. The molecule has 9 heteroatoms. The fourth-order valence-electron chi connectivity index (χ4n) is 3.11. The zero-order valence-corrected chi connectivity index (χ0v) is 15.2. The van der Waals surface area contributed by atoms with Crippen LogP contribution < -0.4 is 10.0 Å². The van der Waals surface area contributed by atoms with Gasteiger partial charge in [-0.05, 0) is 26.8 Å². The fraction of sp³-hybridized carbons (Fsp3) is 0.625. The van der Waals surface area contributed by atoms with Gasteiger partial charge in [0, 0.05) is 12.1 Å². The predicted octanol–water partition coefficient (Wildman–Crippen LogP) is 1.65. The number of carboxylic acid groups (broad SMARTS) is 1. The molecule has 8 nitrogen and oxygen atoms in total. The van der Waals surface area contributed by atoms with E-state index in [2.05, 4.69) is 10.0 Å². The van der Waals surface area contributed by atoms with Crippen LogP contribution in [-0.2, 0) is 14.8 Å². The molecule has 2 unspecified atom stereocenters. The second-order valence-corrected chi connectivity index (χ2v) is 8.08. The Hall–Kier alpha value is -1.87. The van der Waals surface area contributed by atoms with E-state index in [4.69, 9.17) is 4.42 Å². The summed E-state index contributed by atoms with van der Waals surface area (Å²) in [5, 5.41) is 11.9. The first-order chi connectivity index (χ1) is 11.8. The van der Waals surface area contributed by atoms with Crippen molar-refractivity contribution in [1.29, 1.82) is 0 Å². The Morgan fingerprint density at radius 3 is 2.44 bits per heavy atom. The van der Waals surface area contributed by atoms with Crippen LogP contribution in [0.15, 0.2) is 15.6 Å². The molecular formula is C16H24N2O6S. The molecule has 1 fully saturated rings. The smallest absolute Gasteiger partial charge is 0.308 e. The highest BCUT2D eigenvalue weighted by molar-refractivity contribution is 7.89. The van der Waals surface area contributed by atoms with Crippen molar-refractivity contribution in [1.82, 2.24) is 10.0 Å². The molecule has 1 saturated carbocycles. The minimum atomic E-state index is -3.79. The molecule has 0 spiro atoms. The average molecular weight is 372 g/mol. The van der Waals surface area contributed by atoms with Gasteiger partial charge in [-0.25, -0.2) is 13.1 Å². The largest absolute Gasteiger partial charge is 0.481 e. The van der Waals surface area contributed by atoms with E-state index in [-0.39, 0.29) is 16.4 Å². The van der Waals surface area contributed by atoms with E-state index >= 15 is 0 Å². The lowest BCUT2D eigenvalue weighted by atomic mass is 9.86. The van der Waals surface area contributed by atoms with Crippen molar-refractivity contribution in [3.8, 4) is 0 Å². The molecule has 1 amide bonds. The number of amides is 1. The van der Waals surface area contributed by atoms with Crippen molar-refractivity contribution in [3.05, 3.63) is 17.4 Å². The molecule has 140 valence electrons. The molecule has 0 saturated heterocycles. The van der Waals surface area contributed by atoms with Crippen molar-refractivity contribution in [2.45, 2.75) is 56.6 Å². The Morgan fingerprint density at radius 1 is 1.20 bits per heavy atom. The van der Waals surface area contributed by atoms with Crippen molar-refractivity contribution in [2.75, 3.05) is 7.05 Å². The molecule has 25 heavy (non-hydrogen) atoms. The van der Waals surface area contributed by atoms with E-state index in [9.17, 15) is 23.1 Å². The normalized spacial score (nSPS) is 22.0. The average Bonchev–Trinajstić information content (AvgIpc) is 2.92. The van der Waals surface area contributed by atoms with Gasteiger partial charge >= 0.3 is 5.97 Å². The topological polar surface area (TPSA) is 126 Å². The van der Waals surface area contributed by atoms with E-state index in [1.54, 1.807) is 0 Å². The first kappa shape index (κ1) is 19.5. The van der Waals surface area contributed by atoms with E-state index in [0.717, 1.165) is 31.7 Å². The summed E-state index contributed by atoms with van der Waals surface area (Å²) >= 11 is 0. The first-order valence-electron chi connectivity index (χ1n) is 8.34. The lowest BCUT2D eigenvalue weighted by molar-refractivity contribution is -0.143. The molecule has 1 heterocycles. The van der Waals surface area contributed by atoms with Crippen LogP contribution in [0.3, 0.4) is 0 Å². The Kier molecular flexibility index (Phi) is 6.23. The van der Waals surface area contributed by atoms with Crippen LogP contribution in [0, 0.1) is 12.8 Å². The van der Waals surface area contributed by atoms with Crippen molar-refractivity contribution in [2.24, 2.45) is 5.92 Å². The summed E-state index contributed by atoms with van der Waals surface area (Å²) in [5.41, 5.74) is 0.0972. The molecule has 0 aliphatic heterocycles. The van der Waals surface area contributed by atoms with Crippen LogP contribution in [0.2, 0.25) is 0 Å². The van der Waals surface area contributed by atoms with Crippen LogP contribution in [0.25, 0.3) is 0 Å². The molecular weight excluding hydrogens is 348 g/mol. The molecule has 2 atom stereocenters. The van der Waals surface area contributed by atoms with Crippen LogP contribution in [0.4, 0.5) is 0 Å². The van der Waals surface area contributed by atoms with Gasteiger partial charge in [-0.3, -0.25) is 9.59 Å². The number of nitrogens with one attached hydrogen (secondary N) is 2. The number of carboxylic acids is 1. The molecule has 0 aromatic carbocycles. The van der Waals surface area contributed by atoms with Crippen molar-refractivity contribution < 1.29 is 27.5 Å². The maximum Gasteiger partial charge on any atom is 0.308 e. The number of hydrogen-bond acceptors (Lipinski definition) is 5. The molecule has 0 bridgehead atoms.